The minimum atomic E-state index is -0.345. The maximum Gasteiger partial charge on any atom is 0.308 e. The monoisotopic (exact) mass is 188 g/mol. The predicted molar refractivity (Wildman–Crippen MR) is 57.9 cm³/mol. The highest BCUT2D eigenvalue weighted by atomic mass is 16.5. The molecule has 0 unspecified atom stereocenters. The number of rotatable bonds is 3. The van der Waals surface area contributed by atoms with Crippen molar-refractivity contribution >= 4 is 18.1 Å². The van der Waals surface area contributed by atoms with Crippen molar-refractivity contribution in [2.75, 3.05) is 0 Å². The molecule has 0 spiro atoms. The van der Waals surface area contributed by atoms with Gasteiger partial charge in [-0.2, -0.15) is 0 Å². The van der Waals surface area contributed by atoms with Crippen molar-refractivity contribution in [3.05, 3.63) is 42.5 Å². The van der Waals surface area contributed by atoms with Gasteiger partial charge in [-0.1, -0.05) is 43.5 Å². The van der Waals surface area contributed by atoms with E-state index in [1.165, 1.54) is 6.92 Å². The van der Waals surface area contributed by atoms with E-state index < -0.39 is 0 Å². The largest absolute Gasteiger partial charge is 0.425 e. The van der Waals surface area contributed by atoms with Crippen molar-refractivity contribution in [3.8, 4) is 5.75 Å². The first-order chi connectivity index (χ1) is 6.69. The number of hydrogen-bond donors (Lipinski definition) is 0. The molecular weight excluding hydrogens is 176 g/mol. The van der Waals surface area contributed by atoms with E-state index in [0.717, 1.165) is 11.1 Å². The Balaban J connectivity index is 3.25. The van der Waals surface area contributed by atoms with Gasteiger partial charge in [0, 0.05) is 18.1 Å². The number of ether oxygens (including phenoxy) is 1. The lowest BCUT2D eigenvalue weighted by molar-refractivity contribution is -0.131. The van der Waals surface area contributed by atoms with Gasteiger partial charge in [0.05, 0.1) is 0 Å². The van der Waals surface area contributed by atoms with Crippen molar-refractivity contribution in [1.29, 1.82) is 0 Å². The van der Waals surface area contributed by atoms with Crippen LogP contribution in [0.5, 0.6) is 5.75 Å². The molecule has 2 nitrogen and oxygen atoms in total. The van der Waals surface area contributed by atoms with E-state index in [0.29, 0.717) is 5.75 Å². The summed E-state index contributed by atoms with van der Waals surface area (Å²) in [4.78, 5) is 10.9. The zero-order valence-electron chi connectivity index (χ0n) is 8.12. The van der Waals surface area contributed by atoms with E-state index in [4.69, 9.17) is 4.74 Å². The summed E-state index contributed by atoms with van der Waals surface area (Å²) >= 11 is 0. The van der Waals surface area contributed by atoms with Crippen molar-refractivity contribution in [2.24, 2.45) is 0 Å². The van der Waals surface area contributed by atoms with Crippen LogP contribution in [-0.2, 0) is 4.79 Å². The highest BCUT2D eigenvalue weighted by molar-refractivity contribution is 5.75. The van der Waals surface area contributed by atoms with Crippen LogP contribution >= 0.6 is 0 Å². The average molecular weight is 188 g/mol. The van der Waals surface area contributed by atoms with Crippen LogP contribution in [0.3, 0.4) is 0 Å². The van der Waals surface area contributed by atoms with Crippen molar-refractivity contribution in [1.82, 2.24) is 0 Å². The van der Waals surface area contributed by atoms with Crippen LogP contribution in [0.2, 0.25) is 0 Å². The molecule has 0 saturated carbocycles. The molecule has 1 aromatic carbocycles. The molecule has 0 heterocycles. The molecule has 0 fully saturated rings. The van der Waals surface area contributed by atoms with Crippen LogP contribution in [0.1, 0.15) is 18.1 Å². The van der Waals surface area contributed by atoms with E-state index in [-0.39, 0.29) is 5.97 Å². The van der Waals surface area contributed by atoms with Crippen LogP contribution in [0.15, 0.2) is 31.4 Å². The van der Waals surface area contributed by atoms with Gasteiger partial charge in [0.2, 0.25) is 0 Å². The summed E-state index contributed by atoms with van der Waals surface area (Å²) in [5.41, 5.74) is 1.58. The number of benzene rings is 1. The average Bonchev–Trinajstić information content (AvgIpc) is 2.17. The number of carbonyl (C=O) groups is 1. The molecule has 0 aliphatic rings. The highest BCUT2D eigenvalue weighted by Crippen LogP contribution is 2.26. The van der Waals surface area contributed by atoms with Crippen LogP contribution in [0.25, 0.3) is 12.2 Å². The smallest absolute Gasteiger partial charge is 0.308 e. The van der Waals surface area contributed by atoms with Crippen LogP contribution in [0, 0.1) is 0 Å². The Morgan fingerprint density at radius 1 is 1.29 bits per heavy atom. The standard InChI is InChI=1S/C12H12O2/c1-4-10-7-6-8-11(5-2)12(10)14-9(3)13/h4-8H,1-2H2,3H3. The van der Waals surface area contributed by atoms with Gasteiger partial charge in [0.25, 0.3) is 0 Å². The van der Waals surface area contributed by atoms with Gasteiger partial charge < -0.3 is 4.74 Å². The van der Waals surface area contributed by atoms with E-state index in [1.807, 2.05) is 18.2 Å². The van der Waals surface area contributed by atoms with Gasteiger partial charge >= 0.3 is 5.97 Å². The number of hydrogen-bond acceptors (Lipinski definition) is 2. The molecule has 0 amide bonds. The molecule has 1 aromatic rings. The fraction of sp³-hybridized carbons (Fsp3) is 0.0833. The van der Waals surface area contributed by atoms with Gasteiger partial charge in [-0.25, -0.2) is 0 Å². The molecule has 1 rings (SSSR count). The zero-order chi connectivity index (χ0) is 10.6. The van der Waals surface area contributed by atoms with Crippen LogP contribution in [-0.4, -0.2) is 5.97 Å². The Morgan fingerprint density at radius 2 is 1.79 bits per heavy atom. The lowest BCUT2D eigenvalue weighted by Crippen LogP contribution is -2.04. The molecule has 0 aliphatic heterocycles. The van der Waals surface area contributed by atoms with Crippen LogP contribution in [0.4, 0.5) is 0 Å². The molecular formula is C12H12O2. The minimum absolute atomic E-state index is 0.345. The summed E-state index contributed by atoms with van der Waals surface area (Å²) < 4.78 is 5.08. The molecule has 0 radical (unpaired) electrons. The van der Waals surface area contributed by atoms with E-state index in [1.54, 1.807) is 12.2 Å². The number of para-hydroxylation sites is 1. The van der Waals surface area contributed by atoms with Gasteiger partial charge in [0.15, 0.2) is 0 Å². The normalized spacial score (nSPS) is 9.21. The first-order valence-corrected chi connectivity index (χ1v) is 4.25. The Morgan fingerprint density at radius 3 is 2.14 bits per heavy atom. The number of esters is 1. The molecule has 0 bridgehead atoms. The Labute approximate surface area is 83.5 Å². The topological polar surface area (TPSA) is 26.3 Å². The molecule has 0 aromatic heterocycles. The van der Waals surface area contributed by atoms with Crippen molar-refractivity contribution in [2.45, 2.75) is 6.92 Å². The second kappa shape index (κ2) is 4.42. The molecule has 0 saturated heterocycles. The minimum Gasteiger partial charge on any atom is -0.425 e. The summed E-state index contributed by atoms with van der Waals surface area (Å²) in [6.07, 6.45) is 3.29. The summed E-state index contributed by atoms with van der Waals surface area (Å²) in [6.45, 7) is 8.67. The Bertz CT molecular complexity index is 352. The maximum atomic E-state index is 10.9. The lowest BCUT2D eigenvalue weighted by atomic mass is 10.1. The van der Waals surface area contributed by atoms with Gasteiger partial charge in [-0.15, -0.1) is 0 Å². The second-order valence-corrected chi connectivity index (χ2v) is 2.77. The Hall–Kier alpha value is -1.83. The Kier molecular flexibility index (Phi) is 3.24. The predicted octanol–water partition coefficient (Wildman–Crippen LogP) is 2.90. The van der Waals surface area contributed by atoms with Crippen molar-refractivity contribution < 1.29 is 9.53 Å². The van der Waals surface area contributed by atoms with E-state index in [2.05, 4.69) is 13.2 Å². The quantitative estimate of drug-likeness (QED) is 0.538. The van der Waals surface area contributed by atoms with Gasteiger partial charge in [-0.05, 0) is 0 Å². The summed E-state index contributed by atoms with van der Waals surface area (Å²) in [5.74, 6) is 0.174. The first kappa shape index (κ1) is 10.3. The third-order valence-corrected chi connectivity index (χ3v) is 1.76. The second-order valence-electron chi connectivity index (χ2n) is 2.77. The molecule has 0 atom stereocenters. The van der Waals surface area contributed by atoms with Gasteiger partial charge in [0.1, 0.15) is 5.75 Å². The lowest BCUT2D eigenvalue weighted by Gasteiger charge is -2.08. The molecule has 14 heavy (non-hydrogen) atoms. The van der Waals surface area contributed by atoms with Crippen molar-refractivity contribution in [3.63, 3.8) is 0 Å². The SMILES string of the molecule is C=Cc1cccc(C=C)c1OC(C)=O. The van der Waals surface area contributed by atoms with E-state index in [9.17, 15) is 4.79 Å². The van der Waals surface area contributed by atoms with Crippen LogP contribution < -0.4 is 4.74 Å². The molecule has 2 heteroatoms. The maximum absolute atomic E-state index is 10.9. The fourth-order valence-corrected chi connectivity index (χ4v) is 1.16. The van der Waals surface area contributed by atoms with E-state index >= 15 is 0 Å². The number of carbonyl (C=O) groups excluding carboxylic acids is 1. The third kappa shape index (κ3) is 2.10. The highest BCUT2D eigenvalue weighted by Gasteiger charge is 2.07. The summed E-state index contributed by atoms with van der Waals surface area (Å²) in [5, 5.41) is 0. The molecule has 0 aliphatic carbocycles. The first-order valence-electron chi connectivity index (χ1n) is 4.25. The summed E-state index contributed by atoms with van der Waals surface area (Å²) in [6, 6.07) is 5.53. The summed E-state index contributed by atoms with van der Waals surface area (Å²) in [7, 11) is 0. The zero-order valence-corrected chi connectivity index (χ0v) is 8.12. The fourth-order valence-electron chi connectivity index (χ4n) is 1.16. The molecule has 0 N–H and O–H groups in total. The van der Waals surface area contributed by atoms with Gasteiger partial charge in [-0.3, -0.25) is 4.79 Å². The third-order valence-electron chi connectivity index (χ3n) is 1.76. The molecule has 72 valence electrons.